The van der Waals surface area contributed by atoms with E-state index in [4.69, 9.17) is 0 Å². The summed E-state index contributed by atoms with van der Waals surface area (Å²) < 4.78 is 0.923. The summed E-state index contributed by atoms with van der Waals surface area (Å²) in [5.41, 5.74) is 0.336. The number of hydrogen-bond acceptors (Lipinski definition) is 4. The van der Waals surface area contributed by atoms with Gasteiger partial charge in [0.2, 0.25) is 5.95 Å². The quantitative estimate of drug-likeness (QED) is 0.890. The van der Waals surface area contributed by atoms with Crippen LogP contribution in [0, 0.1) is 5.41 Å². The minimum atomic E-state index is 0.336. The summed E-state index contributed by atoms with van der Waals surface area (Å²) in [6.07, 6.45) is 5.57. The Balaban J connectivity index is 2.15. The summed E-state index contributed by atoms with van der Waals surface area (Å²) in [6, 6.07) is 0.484. The van der Waals surface area contributed by atoms with Crippen LogP contribution < -0.4 is 10.6 Å². The third-order valence-electron chi connectivity index (χ3n) is 3.65. The first kappa shape index (κ1) is 13.6. The zero-order chi connectivity index (χ0) is 13.2. The Labute approximate surface area is 117 Å². The molecule has 1 aromatic heterocycles. The van der Waals surface area contributed by atoms with Crippen molar-refractivity contribution in [2.45, 2.75) is 46.1 Å². The highest BCUT2D eigenvalue weighted by Gasteiger charge is 2.34. The molecule has 18 heavy (non-hydrogen) atoms. The topological polar surface area (TPSA) is 49.8 Å². The molecule has 0 saturated heterocycles. The summed E-state index contributed by atoms with van der Waals surface area (Å²) in [7, 11) is 0. The lowest BCUT2D eigenvalue weighted by Crippen LogP contribution is -2.31. The predicted molar refractivity (Wildman–Crippen MR) is 78.9 cm³/mol. The van der Waals surface area contributed by atoms with Crippen LogP contribution in [-0.4, -0.2) is 22.6 Å². The summed E-state index contributed by atoms with van der Waals surface area (Å²) in [5, 5.41) is 6.70. The molecule has 5 heteroatoms. The van der Waals surface area contributed by atoms with Gasteiger partial charge >= 0.3 is 0 Å². The predicted octanol–water partition coefficient (Wildman–Crippen LogP) is 3.66. The first-order valence-corrected chi connectivity index (χ1v) is 7.35. The molecule has 0 spiro atoms. The largest absolute Gasteiger partial charge is 0.366 e. The van der Waals surface area contributed by atoms with Gasteiger partial charge in [-0.05, 0) is 41.1 Å². The van der Waals surface area contributed by atoms with Gasteiger partial charge in [-0.2, -0.15) is 4.98 Å². The molecular weight excluding hydrogens is 292 g/mol. The van der Waals surface area contributed by atoms with Gasteiger partial charge < -0.3 is 10.6 Å². The lowest BCUT2D eigenvalue weighted by molar-refractivity contribution is 0.349. The van der Waals surface area contributed by atoms with Gasteiger partial charge in [0.1, 0.15) is 5.82 Å². The van der Waals surface area contributed by atoms with Crippen molar-refractivity contribution in [3.05, 3.63) is 10.7 Å². The number of aromatic nitrogens is 2. The Morgan fingerprint density at radius 2 is 2.28 bits per heavy atom. The normalized spacial score (nSPS) is 21.9. The molecule has 1 heterocycles. The number of rotatable bonds is 4. The van der Waals surface area contributed by atoms with E-state index in [1.54, 1.807) is 6.20 Å². The van der Waals surface area contributed by atoms with Gasteiger partial charge in [0.25, 0.3) is 0 Å². The maximum atomic E-state index is 4.51. The summed E-state index contributed by atoms with van der Waals surface area (Å²) in [5.74, 6) is 1.57. The fraction of sp³-hybridized carbons (Fsp3) is 0.692. The van der Waals surface area contributed by atoms with Crippen LogP contribution in [0.5, 0.6) is 0 Å². The van der Waals surface area contributed by atoms with E-state index in [1.807, 2.05) is 6.92 Å². The van der Waals surface area contributed by atoms with E-state index in [0.717, 1.165) is 16.8 Å². The second-order valence-electron chi connectivity index (χ2n) is 5.50. The minimum absolute atomic E-state index is 0.336. The highest BCUT2D eigenvalue weighted by Crippen LogP contribution is 2.39. The Hall–Kier alpha value is -0.840. The summed E-state index contributed by atoms with van der Waals surface area (Å²) in [4.78, 5) is 8.74. The second-order valence-corrected chi connectivity index (χ2v) is 6.35. The van der Waals surface area contributed by atoms with E-state index in [0.29, 0.717) is 17.4 Å². The van der Waals surface area contributed by atoms with Gasteiger partial charge in [0, 0.05) is 18.8 Å². The molecule has 1 aliphatic carbocycles. The van der Waals surface area contributed by atoms with Crippen molar-refractivity contribution in [3.63, 3.8) is 0 Å². The monoisotopic (exact) mass is 312 g/mol. The molecule has 1 fully saturated rings. The molecule has 2 rings (SSSR count). The van der Waals surface area contributed by atoms with Crippen LogP contribution in [0.25, 0.3) is 0 Å². The third kappa shape index (κ3) is 2.94. The molecule has 0 aliphatic heterocycles. The van der Waals surface area contributed by atoms with Crippen LogP contribution in [0.4, 0.5) is 11.8 Å². The first-order chi connectivity index (χ1) is 8.53. The Morgan fingerprint density at radius 1 is 1.50 bits per heavy atom. The zero-order valence-corrected chi connectivity index (χ0v) is 12.8. The standard InChI is InChI=1S/C13H21BrN4/c1-4-15-12-16-8-9(14)11(18-12)17-10-6-5-7-13(10,2)3/h8,10H,4-7H2,1-3H3,(H2,15,16,17,18). The number of halogens is 1. The fourth-order valence-electron chi connectivity index (χ4n) is 2.47. The van der Waals surface area contributed by atoms with Crippen LogP contribution in [0.1, 0.15) is 40.0 Å². The van der Waals surface area contributed by atoms with Gasteiger partial charge in [-0.3, -0.25) is 0 Å². The SMILES string of the molecule is CCNc1ncc(Br)c(NC2CCCC2(C)C)n1. The van der Waals surface area contributed by atoms with E-state index >= 15 is 0 Å². The minimum Gasteiger partial charge on any atom is -0.366 e. The van der Waals surface area contributed by atoms with Crippen molar-refractivity contribution in [1.82, 2.24) is 9.97 Å². The highest BCUT2D eigenvalue weighted by molar-refractivity contribution is 9.10. The van der Waals surface area contributed by atoms with Gasteiger partial charge in [-0.15, -0.1) is 0 Å². The average Bonchev–Trinajstić information content (AvgIpc) is 2.63. The van der Waals surface area contributed by atoms with Crippen molar-refractivity contribution in [2.24, 2.45) is 5.41 Å². The smallest absolute Gasteiger partial charge is 0.224 e. The van der Waals surface area contributed by atoms with E-state index < -0.39 is 0 Å². The second kappa shape index (κ2) is 5.43. The summed E-state index contributed by atoms with van der Waals surface area (Å²) in [6.45, 7) is 7.50. The van der Waals surface area contributed by atoms with Crippen molar-refractivity contribution < 1.29 is 0 Å². The molecule has 100 valence electrons. The summed E-state index contributed by atoms with van der Waals surface area (Å²) >= 11 is 3.51. The Morgan fingerprint density at radius 3 is 2.89 bits per heavy atom. The molecule has 0 aromatic carbocycles. The molecule has 1 atom stereocenters. The van der Waals surface area contributed by atoms with Gasteiger partial charge in [-0.1, -0.05) is 20.3 Å². The zero-order valence-electron chi connectivity index (χ0n) is 11.3. The molecular formula is C13H21BrN4. The van der Waals surface area contributed by atoms with Crippen LogP contribution in [-0.2, 0) is 0 Å². The van der Waals surface area contributed by atoms with Crippen LogP contribution >= 0.6 is 15.9 Å². The van der Waals surface area contributed by atoms with Crippen molar-refractivity contribution in [2.75, 3.05) is 17.2 Å². The molecule has 0 amide bonds. The third-order valence-corrected chi connectivity index (χ3v) is 4.23. The van der Waals surface area contributed by atoms with Gasteiger partial charge in [-0.25, -0.2) is 4.98 Å². The van der Waals surface area contributed by atoms with Crippen LogP contribution in [0.3, 0.4) is 0 Å². The number of anilines is 2. The average molecular weight is 313 g/mol. The number of hydrogen-bond donors (Lipinski definition) is 2. The highest BCUT2D eigenvalue weighted by atomic mass is 79.9. The molecule has 1 unspecified atom stereocenters. The molecule has 1 aromatic rings. The number of nitrogens with zero attached hydrogens (tertiary/aromatic N) is 2. The van der Waals surface area contributed by atoms with Crippen LogP contribution in [0.2, 0.25) is 0 Å². The fourth-order valence-corrected chi connectivity index (χ4v) is 2.78. The first-order valence-electron chi connectivity index (χ1n) is 6.56. The van der Waals surface area contributed by atoms with Gasteiger partial charge in [0.15, 0.2) is 0 Å². The molecule has 2 N–H and O–H groups in total. The lowest BCUT2D eigenvalue weighted by atomic mass is 9.87. The van der Waals surface area contributed by atoms with E-state index in [-0.39, 0.29) is 0 Å². The lowest BCUT2D eigenvalue weighted by Gasteiger charge is -2.28. The molecule has 0 bridgehead atoms. The molecule has 4 nitrogen and oxygen atoms in total. The Kier molecular flexibility index (Phi) is 4.10. The van der Waals surface area contributed by atoms with E-state index in [9.17, 15) is 0 Å². The van der Waals surface area contributed by atoms with Crippen molar-refractivity contribution >= 4 is 27.7 Å². The van der Waals surface area contributed by atoms with Gasteiger partial charge in [0.05, 0.1) is 4.47 Å². The number of nitrogens with one attached hydrogen (secondary N) is 2. The Bertz CT molecular complexity index is 419. The molecule has 1 aliphatic rings. The van der Waals surface area contributed by atoms with E-state index in [2.05, 4.69) is 50.4 Å². The molecule has 0 radical (unpaired) electrons. The maximum absolute atomic E-state index is 4.51. The maximum Gasteiger partial charge on any atom is 0.224 e. The van der Waals surface area contributed by atoms with E-state index in [1.165, 1.54) is 19.3 Å². The molecule has 1 saturated carbocycles. The van der Waals surface area contributed by atoms with Crippen molar-refractivity contribution in [3.8, 4) is 0 Å². The van der Waals surface area contributed by atoms with Crippen molar-refractivity contribution in [1.29, 1.82) is 0 Å². The van der Waals surface area contributed by atoms with Crippen LogP contribution in [0.15, 0.2) is 10.7 Å².